The van der Waals surface area contributed by atoms with Crippen LogP contribution in [0.4, 0.5) is 0 Å². The number of aliphatic hydroxyl groups excluding tert-OH is 4. The van der Waals surface area contributed by atoms with Crippen molar-refractivity contribution in [3.8, 4) is 0 Å². The summed E-state index contributed by atoms with van der Waals surface area (Å²) in [5.41, 5.74) is -3.88. The minimum atomic E-state index is -1.64. The summed E-state index contributed by atoms with van der Waals surface area (Å²) in [7, 11) is 0. The zero-order valence-electron chi connectivity index (χ0n) is 15.6. The lowest BCUT2D eigenvalue weighted by atomic mass is 9.59. The smallest absolute Gasteiger partial charge is 0.307 e. The largest absolute Gasteiger partial charge is 0.451 e. The quantitative estimate of drug-likeness (QED) is 0.311. The van der Waals surface area contributed by atoms with Crippen molar-refractivity contribution in [2.24, 2.45) is 23.2 Å². The molecule has 4 fully saturated rings. The number of fused-ring (bicyclic) bond motifs is 2. The van der Waals surface area contributed by atoms with E-state index in [0.717, 1.165) is 0 Å². The molecule has 3 saturated carbocycles. The van der Waals surface area contributed by atoms with Gasteiger partial charge in [-0.05, 0) is 38.2 Å². The molecule has 4 aliphatic rings. The monoisotopic (exact) mass is 380 g/mol. The van der Waals surface area contributed by atoms with Crippen LogP contribution in [0.1, 0.15) is 33.1 Å². The van der Waals surface area contributed by atoms with Gasteiger partial charge in [-0.2, -0.15) is 0 Å². The van der Waals surface area contributed by atoms with Gasteiger partial charge in [0.2, 0.25) is 0 Å². The lowest BCUT2D eigenvalue weighted by Gasteiger charge is -2.49. The van der Waals surface area contributed by atoms with Gasteiger partial charge < -0.3 is 30.3 Å². The Bertz CT molecular complexity index is 730. The first kappa shape index (κ1) is 19.1. The molecule has 10 atom stereocenters. The maximum atomic E-state index is 12.1. The van der Waals surface area contributed by atoms with Crippen molar-refractivity contribution in [2.75, 3.05) is 0 Å². The Morgan fingerprint density at radius 1 is 1.11 bits per heavy atom. The third-order valence-corrected chi connectivity index (χ3v) is 8.03. The number of hydrogen-bond acceptors (Lipinski definition) is 7. The number of rotatable bonds is 1. The van der Waals surface area contributed by atoms with E-state index in [0.29, 0.717) is 24.0 Å². The first-order chi connectivity index (χ1) is 12.4. The van der Waals surface area contributed by atoms with Gasteiger partial charge in [0.05, 0.1) is 35.7 Å². The molecule has 5 N–H and O–H groups in total. The highest BCUT2D eigenvalue weighted by Gasteiger charge is 2.77. The predicted molar refractivity (Wildman–Crippen MR) is 94.2 cm³/mol. The molecule has 2 bridgehead atoms. The lowest BCUT2D eigenvalue weighted by Crippen LogP contribution is -2.63. The fourth-order valence-electron chi connectivity index (χ4n) is 6.71. The van der Waals surface area contributed by atoms with E-state index in [9.17, 15) is 30.3 Å². The number of aliphatic hydroxyl groups is 5. The average Bonchev–Trinajstić information content (AvgIpc) is 2.97. The summed E-state index contributed by atoms with van der Waals surface area (Å²) in [5.74, 6) is -2.37. The van der Waals surface area contributed by atoms with Gasteiger partial charge in [-0.15, -0.1) is 0 Å². The Morgan fingerprint density at radius 3 is 2.33 bits per heavy atom. The molecule has 1 aliphatic heterocycles. The molecule has 7 heteroatoms. The van der Waals surface area contributed by atoms with Crippen molar-refractivity contribution in [1.82, 2.24) is 0 Å². The van der Waals surface area contributed by atoms with Crippen molar-refractivity contribution < 1.29 is 35.1 Å². The summed E-state index contributed by atoms with van der Waals surface area (Å²) in [6, 6.07) is 0. The molecule has 7 nitrogen and oxygen atoms in total. The van der Waals surface area contributed by atoms with Gasteiger partial charge in [-0.25, -0.2) is 0 Å². The van der Waals surface area contributed by atoms with E-state index < -0.39 is 64.8 Å². The summed E-state index contributed by atoms with van der Waals surface area (Å²) in [5, 5.41) is 55.6. The Kier molecular flexibility index (Phi) is 3.83. The van der Waals surface area contributed by atoms with E-state index in [2.05, 4.69) is 13.2 Å². The fourth-order valence-corrected chi connectivity index (χ4v) is 6.71. The molecule has 1 heterocycles. The van der Waals surface area contributed by atoms with Crippen LogP contribution in [0.5, 0.6) is 0 Å². The Balaban J connectivity index is 1.96. The molecule has 0 radical (unpaired) electrons. The number of hydrogen-bond donors (Lipinski definition) is 5. The summed E-state index contributed by atoms with van der Waals surface area (Å²) in [6.07, 6.45) is -5.10. The molecule has 1 saturated heterocycles. The van der Waals surface area contributed by atoms with Crippen molar-refractivity contribution >= 4 is 5.97 Å². The van der Waals surface area contributed by atoms with Gasteiger partial charge in [0.15, 0.2) is 5.60 Å². The van der Waals surface area contributed by atoms with E-state index in [1.807, 2.05) is 0 Å². The van der Waals surface area contributed by atoms with E-state index in [4.69, 9.17) is 4.74 Å². The van der Waals surface area contributed by atoms with Crippen molar-refractivity contribution in [3.63, 3.8) is 0 Å². The topological polar surface area (TPSA) is 127 Å². The number of ether oxygens (including phenoxy) is 1. The minimum Gasteiger partial charge on any atom is -0.451 e. The normalized spacial score (nSPS) is 56.9. The van der Waals surface area contributed by atoms with Crippen LogP contribution in [0.3, 0.4) is 0 Å². The maximum absolute atomic E-state index is 12.1. The Morgan fingerprint density at radius 2 is 1.74 bits per heavy atom. The SMILES string of the molecule is C=C1[C@@H]2CC(=O)O[C@]2(C(=C)C)[C@H](O)[C@@H](O)[C@@]23[C@H](O)[C@@H](CC[C@@H]12)[C@](C)(O)[C@@H]3O. The highest BCUT2D eigenvalue weighted by molar-refractivity contribution is 5.75. The van der Waals surface area contributed by atoms with Crippen LogP contribution in [-0.2, 0) is 9.53 Å². The molecule has 1 spiro atoms. The number of carbonyl (C=O) groups is 1. The van der Waals surface area contributed by atoms with E-state index in [1.54, 1.807) is 6.92 Å². The third-order valence-electron chi connectivity index (χ3n) is 8.03. The standard InChI is InChI=1S/C20H28O7/c1-8(2)20-12(7-13(21)27-20)9(3)10-5-6-11-14(22)19(10,15(23)16(20)24)17(25)18(11,4)26/h10-12,14-17,22-26H,1,3,5-7H2,2,4H3/t10-,11+,12-,14+,15+,16+,17-,18-,19-,20-/m0/s1. The van der Waals surface area contributed by atoms with E-state index in [-0.39, 0.29) is 6.42 Å². The van der Waals surface area contributed by atoms with Crippen molar-refractivity contribution in [3.05, 3.63) is 24.3 Å². The first-order valence-corrected chi connectivity index (χ1v) is 9.46. The molecule has 0 aromatic rings. The second kappa shape index (κ2) is 5.42. The Hall–Kier alpha value is -1.25. The number of esters is 1. The highest BCUT2D eigenvalue weighted by Crippen LogP contribution is 2.66. The van der Waals surface area contributed by atoms with Crippen molar-refractivity contribution in [1.29, 1.82) is 0 Å². The zero-order chi connectivity index (χ0) is 20.1. The van der Waals surface area contributed by atoms with Crippen LogP contribution in [0.2, 0.25) is 0 Å². The summed E-state index contributed by atoms with van der Waals surface area (Å²) in [4.78, 5) is 12.1. The summed E-state index contributed by atoms with van der Waals surface area (Å²) in [6.45, 7) is 11.1. The lowest BCUT2D eigenvalue weighted by molar-refractivity contribution is -0.209. The average molecular weight is 380 g/mol. The Labute approximate surface area is 158 Å². The second-order valence-corrected chi connectivity index (χ2v) is 9.08. The van der Waals surface area contributed by atoms with Gasteiger partial charge in [-0.1, -0.05) is 18.7 Å². The van der Waals surface area contributed by atoms with E-state index in [1.165, 1.54) is 6.92 Å². The molecular formula is C20H28O7. The molecule has 3 aliphatic carbocycles. The summed E-state index contributed by atoms with van der Waals surface area (Å²) < 4.78 is 5.54. The zero-order valence-corrected chi connectivity index (χ0v) is 15.6. The van der Waals surface area contributed by atoms with Crippen LogP contribution in [0.25, 0.3) is 0 Å². The number of carbonyl (C=O) groups excluding carboxylic acids is 1. The molecule has 0 aromatic heterocycles. The molecule has 0 unspecified atom stereocenters. The maximum Gasteiger partial charge on any atom is 0.307 e. The van der Waals surface area contributed by atoms with Crippen LogP contribution >= 0.6 is 0 Å². The fraction of sp³-hybridized carbons (Fsp3) is 0.750. The highest BCUT2D eigenvalue weighted by atomic mass is 16.6. The first-order valence-electron chi connectivity index (χ1n) is 9.46. The van der Waals surface area contributed by atoms with Gasteiger partial charge in [-0.3, -0.25) is 4.79 Å². The second-order valence-electron chi connectivity index (χ2n) is 9.08. The van der Waals surface area contributed by atoms with Crippen LogP contribution < -0.4 is 0 Å². The summed E-state index contributed by atoms with van der Waals surface area (Å²) >= 11 is 0. The molecule has 4 rings (SSSR count). The van der Waals surface area contributed by atoms with Gasteiger partial charge in [0.25, 0.3) is 0 Å². The molecule has 150 valence electrons. The van der Waals surface area contributed by atoms with Crippen LogP contribution in [0, 0.1) is 23.2 Å². The van der Waals surface area contributed by atoms with Crippen molar-refractivity contribution in [2.45, 2.75) is 68.7 Å². The molecular weight excluding hydrogens is 352 g/mol. The van der Waals surface area contributed by atoms with Crippen LogP contribution in [-0.4, -0.2) is 67.1 Å². The molecule has 0 amide bonds. The molecule has 27 heavy (non-hydrogen) atoms. The van der Waals surface area contributed by atoms with Crippen LogP contribution in [0.15, 0.2) is 24.3 Å². The third kappa shape index (κ3) is 1.87. The predicted octanol–water partition coefficient (Wildman–Crippen LogP) is -0.345. The van der Waals surface area contributed by atoms with E-state index >= 15 is 0 Å². The molecule has 0 aromatic carbocycles. The van der Waals surface area contributed by atoms with Gasteiger partial charge in [0, 0.05) is 11.8 Å². The minimum absolute atomic E-state index is 0.0198. The van der Waals surface area contributed by atoms with Gasteiger partial charge >= 0.3 is 5.97 Å². The van der Waals surface area contributed by atoms with Gasteiger partial charge in [0.1, 0.15) is 6.10 Å².